The second-order valence-corrected chi connectivity index (χ2v) is 6.92. The van der Waals surface area contributed by atoms with Crippen molar-refractivity contribution >= 4 is 13.8 Å². The van der Waals surface area contributed by atoms with E-state index in [-0.39, 0.29) is 7.41 Å². The smallest absolute Gasteiger partial charge is 0.150 e. The zero-order valence-electron chi connectivity index (χ0n) is 9.91. The Morgan fingerprint density at radius 1 is 0.867 bits per heavy atom. The average molecular weight is 215 g/mol. The first-order valence-corrected chi connectivity index (χ1v) is 6.87. The molecule has 0 spiro atoms. The average Bonchev–Trinajstić information content (AvgIpc) is 2.45. The summed E-state index contributed by atoms with van der Waals surface area (Å²) < 4.78 is 0. The number of allylic oxidation sites excluding steroid dienone is 3. The highest BCUT2D eigenvalue weighted by atomic mass is 31.1. The standard InChI is InChI=1S/C13H17BP/c1-10-11(2)13(4)15(12(10)3)14-8-6-5-7-9-14/h5-9H,1-4H3. The lowest BCUT2D eigenvalue weighted by Crippen LogP contribution is -2.06. The van der Waals surface area contributed by atoms with Gasteiger partial charge in [-0.05, 0) is 55.7 Å². The van der Waals surface area contributed by atoms with Crippen LogP contribution in [0.15, 0.2) is 24.2 Å². The molecule has 1 radical (unpaired) electrons. The molecule has 0 nitrogen and oxygen atoms in total. The maximum absolute atomic E-state index is 2.34. The van der Waals surface area contributed by atoms with Crippen molar-refractivity contribution in [3.8, 4) is 0 Å². The third-order valence-electron chi connectivity index (χ3n) is 3.51. The topological polar surface area (TPSA) is 0 Å². The molecule has 0 aromatic carbocycles. The van der Waals surface area contributed by atoms with E-state index in [9.17, 15) is 0 Å². The molecule has 15 heavy (non-hydrogen) atoms. The SMILES string of the molecule is Cc1c(C)c(C)p(B2[CH]C=CC=C2)c1C. The molecule has 1 aliphatic rings. The molecule has 0 bridgehead atoms. The van der Waals surface area contributed by atoms with Crippen LogP contribution in [0, 0.1) is 34.0 Å². The Kier molecular flexibility index (Phi) is 2.93. The predicted molar refractivity (Wildman–Crippen MR) is 71.8 cm³/mol. The van der Waals surface area contributed by atoms with Gasteiger partial charge < -0.3 is 0 Å². The monoisotopic (exact) mass is 215 g/mol. The summed E-state index contributed by atoms with van der Waals surface area (Å²) in [6.45, 7) is 9.14. The van der Waals surface area contributed by atoms with E-state index >= 15 is 0 Å². The van der Waals surface area contributed by atoms with Crippen LogP contribution in [0.25, 0.3) is 0 Å². The Bertz CT molecular complexity index is 412. The van der Waals surface area contributed by atoms with Gasteiger partial charge in [-0.25, -0.2) is 0 Å². The van der Waals surface area contributed by atoms with Gasteiger partial charge in [0.05, 0.1) is 0 Å². The molecular formula is C13H17BP. The van der Waals surface area contributed by atoms with Crippen LogP contribution in [0.4, 0.5) is 0 Å². The first-order chi connectivity index (χ1) is 7.13. The van der Waals surface area contributed by atoms with E-state index in [1.165, 1.54) is 11.1 Å². The second kappa shape index (κ2) is 4.06. The van der Waals surface area contributed by atoms with E-state index in [1.54, 1.807) is 10.6 Å². The highest BCUT2D eigenvalue weighted by Gasteiger charge is 2.21. The predicted octanol–water partition coefficient (Wildman–Crippen LogP) is 4.16. The molecule has 0 amide bonds. The highest BCUT2D eigenvalue weighted by Crippen LogP contribution is 2.47. The van der Waals surface area contributed by atoms with Gasteiger partial charge in [-0.15, -0.1) is 5.98 Å². The molecule has 0 N–H and O–H groups in total. The molecule has 77 valence electrons. The van der Waals surface area contributed by atoms with Crippen molar-refractivity contribution in [2.24, 2.45) is 0 Å². The molecule has 0 saturated heterocycles. The first kappa shape index (κ1) is 10.8. The van der Waals surface area contributed by atoms with Crippen LogP contribution in [-0.2, 0) is 0 Å². The van der Waals surface area contributed by atoms with E-state index in [0.717, 1.165) is 0 Å². The van der Waals surface area contributed by atoms with E-state index in [1.807, 2.05) is 0 Å². The van der Waals surface area contributed by atoms with E-state index < -0.39 is 0 Å². The van der Waals surface area contributed by atoms with Crippen molar-refractivity contribution in [3.05, 3.63) is 52.2 Å². The van der Waals surface area contributed by atoms with Crippen LogP contribution in [-0.4, -0.2) is 6.43 Å². The molecule has 0 fully saturated rings. The fourth-order valence-electron chi connectivity index (χ4n) is 2.26. The van der Waals surface area contributed by atoms with Gasteiger partial charge in [-0.3, -0.25) is 0 Å². The Labute approximate surface area is 94.2 Å². The lowest BCUT2D eigenvalue weighted by Gasteiger charge is -2.12. The van der Waals surface area contributed by atoms with Gasteiger partial charge in [0.1, 0.15) is 0 Å². The third-order valence-corrected chi connectivity index (χ3v) is 6.56. The van der Waals surface area contributed by atoms with Gasteiger partial charge in [-0.2, -0.15) is 7.41 Å². The minimum atomic E-state index is -0.0988. The van der Waals surface area contributed by atoms with Crippen molar-refractivity contribution in [2.75, 3.05) is 0 Å². The van der Waals surface area contributed by atoms with Gasteiger partial charge in [0.2, 0.25) is 6.43 Å². The van der Waals surface area contributed by atoms with Crippen LogP contribution in [0.2, 0.25) is 0 Å². The Balaban J connectivity index is 2.48. The largest absolute Gasteiger partial charge is 0.231 e. The zero-order chi connectivity index (χ0) is 11.0. The van der Waals surface area contributed by atoms with Crippen LogP contribution in [0.3, 0.4) is 0 Å². The van der Waals surface area contributed by atoms with Crippen LogP contribution >= 0.6 is 7.41 Å². The molecule has 0 atom stereocenters. The maximum atomic E-state index is 2.34. The summed E-state index contributed by atoms with van der Waals surface area (Å²) in [6, 6.07) is 0. The molecule has 1 aromatic rings. The second-order valence-electron chi connectivity index (χ2n) is 4.24. The number of hydrogen-bond donors (Lipinski definition) is 0. The van der Waals surface area contributed by atoms with Gasteiger partial charge in [0.15, 0.2) is 0 Å². The Hall–Kier alpha value is -0.675. The lowest BCUT2D eigenvalue weighted by molar-refractivity contribution is 1.32. The van der Waals surface area contributed by atoms with Crippen molar-refractivity contribution in [2.45, 2.75) is 27.7 Å². The summed E-state index contributed by atoms with van der Waals surface area (Å²) in [7, 11) is -0.0988. The summed E-state index contributed by atoms with van der Waals surface area (Å²) in [4.78, 5) is 0. The van der Waals surface area contributed by atoms with Crippen molar-refractivity contribution in [1.29, 1.82) is 0 Å². The quantitative estimate of drug-likeness (QED) is 0.617. The van der Waals surface area contributed by atoms with E-state index in [4.69, 9.17) is 0 Å². The first-order valence-electron chi connectivity index (χ1n) is 5.46. The molecule has 2 heterocycles. The van der Waals surface area contributed by atoms with Gasteiger partial charge in [0.25, 0.3) is 0 Å². The summed E-state index contributed by atoms with van der Waals surface area (Å²) in [5, 5.41) is 3.22. The fourth-order valence-corrected chi connectivity index (χ4v) is 5.26. The van der Waals surface area contributed by atoms with Crippen LogP contribution < -0.4 is 0 Å². The van der Waals surface area contributed by atoms with Crippen molar-refractivity contribution < 1.29 is 0 Å². The van der Waals surface area contributed by atoms with Gasteiger partial charge in [0, 0.05) is 0 Å². The lowest BCUT2D eigenvalue weighted by atomic mass is 9.70. The molecule has 0 saturated carbocycles. The van der Waals surface area contributed by atoms with Crippen LogP contribution in [0.1, 0.15) is 21.7 Å². The zero-order valence-corrected chi connectivity index (χ0v) is 10.8. The highest BCUT2D eigenvalue weighted by molar-refractivity contribution is 7.87. The van der Waals surface area contributed by atoms with E-state index in [0.29, 0.717) is 6.43 Å². The minimum absolute atomic E-state index is 0.0988. The number of rotatable bonds is 1. The normalized spacial score (nSPS) is 15.1. The maximum Gasteiger partial charge on any atom is 0.231 e. The summed E-state index contributed by atoms with van der Waals surface area (Å²) in [6.07, 6.45) is 9.43. The Morgan fingerprint density at radius 3 is 1.93 bits per heavy atom. The summed E-state index contributed by atoms with van der Waals surface area (Å²) in [5.41, 5.74) is 3.05. The van der Waals surface area contributed by atoms with Gasteiger partial charge >= 0.3 is 0 Å². The summed E-state index contributed by atoms with van der Waals surface area (Å²) in [5.74, 6) is 2.34. The molecule has 1 aromatic heterocycles. The summed E-state index contributed by atoms with van der Waals surface area (Å²) >= 11 is 0. The van der Waals surface area contributed by atoms with Crippen LogP contribution in [0.5, 0.6) is 0 Å². The van der Waals surface area contributed by atoms with Gasteiger partial charge in [-0.1, -0.05) is 18.2 Å². The fraction of sp³-hybridized carbons (Fsp3) is 0.308. The molecule has 2 rings (SSSR count). The van der Waals surface area contributed by atoms with E-state index in [2.05, 4.69) is 58.2 Å². The molecule has 0 unspecified atom stereocenters. The number of hydrogen-bond acceptors (Lipinski definition) is 0. The molecular weight excluding hydrogens is 198 g/mol. The minimum Gasteiger partial charge on any atom is -0.150 e. The molecule has 0 aliphatic carbocycles. The van der Waals surface area contributed by atoms with Crippen molar-refractivity contribution in [3.63, 3.8) is 0 Å². The Morgan fingerprint density at radius 2 is 1.47 bits per heavy atom. The third kappa shape index (κ3) is 1.74. The molecule has 1 aliphatic heterocycles. The molecule has 2 heteroatoms. The van der Waals surface area contributed by atoms with Crippen molar-refractivity contribution in [1.82, 2.24) is 0 Å².